The first kappa shape index (κ1) is 23.2. The Labute approximate surface area is 149 Å². The number of unbranched alkanes of at least 4 members (excludes halogenated alkanes) is 10. The van der Waals surface area contributed by atoms with Gasteiger partial charge in [-0.1, -0.05) is 103 Å². The Balaban J connectivity index is 3.19. The van der Waals surface area contributed by atoms with Gasteiger partial charge in [0.2, 0.25) is 0 Å². The molecule has 1 nitrogen and oxygen atoms in total. The molecular formula is C21H46OSi. The average molecular weight is 343 g/mol. The van der Waals surface area contributed by atoms with Gasteiger partial charge in [-0.15, -0.1) is 0 Å². The van der Waals surface area contributed by atoms with Crippen LogP contribution in [0.1, 0.15) is 91.4 Å². The molecule has 0 N–H and O–H groups in total. The molecule has 0 aliphatic rings. The zero-order valence-electron chi connectivity index (χ0n) is 17.1. The summed E-state index contributed by atoms with van der Waals surface area (Å²) >= 11 is 0. The van der Waals surface area contributed by atoms with Gasteiger partial charge in [-0.2, -0.15) is 0 Å². The monoisotopic (exact) mass is 342 g/mol. The van der Waals surface area contributed by atoms with Crippen molar-refractivity contribution in [3.8, 4) is 0 Å². The van der Waals surface area contributed by atoms with Gasteiger partial charge in [0.05, 0.1) is 0 Å². The van der Waals surface area contributed by atoms with Gasteiger partial charge in [0, 0.05) is 21.3 Å². The number of hydrogen-bond donors (Lipinski definition) is 0. The molecule has 0 heterocycles. The van der Waals surface area contributed by atoms with Gasteiger partial charge in [0.25, 0.3) is 0 Å². The fourth-order valence-corrected chi connectivity index (χ4v) is 7.37. The molecule has 0 aromatic carbocycles. The summed E-state index contributed by atoms with van der Waals surface area (Å²) in [5.41, 5.74) is 0. The van der Waals surface area contributed by atoms with E-state index in [0.29, 0.717) is 0 Å². The number of rotatable bonds is 17. The predicted molar refractivity (Wildman–Crippen MR) is 109 cm³/mol. The summed E-state index contributed by atoms with van der Waals surface area (Å²) in [5.74, 6) is 0.899. The normalized spacial score (nSPS) is 12.3. The van der Waals surface area contributed by atoms with E-state index in [4.69, 9.17) is 4.74 Å². The summed E-state index contributed by atoms with van der Waals surface area (Å²) < 4.78 is 5.37. The van der Waals surface area contributed by atoms with Crippen molar-refractivity contribution in [2.75, 3.05) is 13.2 Å². The molecule has 0 aliphatic carbocycles. The van der Waals surface area contributed by atoms with E-state index in [2.05, 4.69) is 33.9 Å². The van der Waals surface area contributed by atoms with Crippen molar-refractivity contribution in [3.05, 3.63) is 0 Å². The first-order valence-corrected chi connectivity index (χ1v) is 14.0. The van der Waals surface area contributed by atoms with Gasteiger partial charge in [-0.05, 0) is 19.3 Å². The van der Waals surface area contributed by atoms with Crippen molar-refractivity contribution >= 4 is 8.07 Å². The van der Waals surface area contributed by atoms with E-state index in [1.165, 1.54) is 76.7 Å². The Morgan fingerprint density at radius 3 is 1.57 bits per heavy atom. The standard InChI is InChI=1S/C21H46OSi/c1-6-22-18-16-14-12-10-8-7-9-11-13-15-17-19-23(4,5)20-21(2)3/h21H,6-20H2,1-5H3. The van der Waals surface area contributed by atoms with Gasteiger partial charge >= 0.3 is 0 Å². The molecule has 0 bridgehead atoms. The van der Waals surface area contributed by atoms with Crippen LogP contribution < -0.4 is 0 Å². The lowest BCUT2D eigenvalue weighted by Gasteiger charge is -2.24. The maximum Gasteiger partial charge on any atom is 0.0476 e. The maximum absolute atomic E-state index is 5.37. The highest BCUT2D eigenvalue weighted by molar-refractivity contribution is 6.77. The molecule has 0 rings (SSSR count). The Kier molecular flexibility index (Phi) is 15.8. The Morgan fingerprint density at radius 2 is 1.13 bits per heavy atom. The average Bonchev–Trinajstić information content (AvgIpc) is 2.46. The Morgan fingerprint density at radius 1 is 0.696 bits per heavy atom. The molecule has 0 spiro atoms. The van der Waals surface area contributed by atoms with Crippen LogP contribution in [-0.4, -0.2) is 21.3 Å². The summed E-state index contributed by atoms with van der Waals surface area (Å²) in [6.45, 7) is 13.9. The van der Waals surface area contributed by atoms with E-state index < -0.39 is 8.07 Å². The first-order chi connectivity index (χ1) is 11.0. The van der Waals surface area contributed by atoms with Crippen LogP contribution in [-0.2, 0) is 4.74 Å². The summed E-state index contributed by atoms with van der Waals surface area (Å²) in [7, 11) is -0.878. The SMILES string of the molecule is CCOCCCCCCCCCCCCC[Si](C)(C)CC(C)C. The van der Waals surface area contributed by atoms with Crippen LogP contribution in [0.15, 0.2) is 0 Å². The van der Waals surface area contributed by atoms with Crippen molar-refractivity contribution < 1.29 is 4.74 Å². The lowest BCUT2D eigenvalue weighted by atomic mass is 10.1. The van der Waals surface area contributed by atoms with E-state index >= 15 is 0 Å². The lowest BCUT2D eigenvalue weighted by molar-refractivity contribution is 0.143. The smallest absolute Gasteiger partial charge is 0.0476 e. The van der Waals surface area contributed by atoms with Crippen molar-refractivity contribution in [3.63, 3.8) is 0 Å². The largest absolute Gasteiger partial charge is 0.382 e. The maximum atomic E-state index is 5.37. The number of hydrogen-bond acceptors (Lipinski definition) is 1. The Hall–Kier alpha value is 0.177. The zero-order valence-corrected chi connectivity index (χ0v) is 18.1. The highest BCUT2D eigenvalue weighted by Gasteiger charge is 2.20. The van der Waals surface area contributed by atoms with E-state index in [0.717, 1.165) is 19.1 Å². The third kappa shape index (κ3) is 18.4. The molecule has 0 aromatic rings. The van der Waals surface area contributed by atoms with Crippen molar-refractivity contribution in [1.82, 2.24) is 0 Å². The summed E-state index contributed by atoms with van der Waals surface area (Å²) in [5, 5.41) is 0. The molecule has 0 unspecified atom stereocenters. The molecule has 0 saturated carbocycles. The van der Waals surface area contributed by atoms with Gasteiger partial charge in [-0.3, -0.25) is 0 Å². The van der Waals surface area contributed by atoms with Gasteiger partial charge in [0.1, 0.15) is 0 Å². The van der Waals surface area contributed by atoms with Crippen LogP contribution >= 0.6 is 0 Å². The lowest BCUT2D eigenvalue weighted by Crippen LogP contribution is -2.26. The summed E-state index contributed by atoms with van der Waals surface area (Å²) in [4.78, 5) is 0. The third-order valence-corrected chi connectivity index (χ3v) is 8.44. The predicted octanol–water partition coefficient (Wildman–Crippen LogP) is 7.68. The molecule has 23 heavy (non-hydrogen) atoms. The second-order valence-corrected chi connectivity index (χ2v) is 13.8. The molecule has 140 valence electrons. The molecular weight excluding hydrogens is 296 g/mol. The van der Waals surface area contributed by atoms with Crippen LogP contribution in [0.4, 0.5) is 0 Å². The molecule has 0 aliphatic heterocycles. The summed E-state index contributed by atoms with van der Waals surface area (Å²) in [6, 6.07) is 3.06. The van der Waals surface area contributed by atoms with Crippen molar-refractivity contribution in [1.29, 1.82) is 0 Å². The minimum Gasteiger partial charge on any atom is -0.382 e. The van der Waals surface area contributed by atoms with E-state index in [1.807, 2.05) is 0 Å². The third-order valence-electron chi connectivity index (χ3n) is 4.81. The number of ether oxygens (including phenoxy) is 1. The molecule has 0 fully saturated rings. The fraction of sp³-hybridized carbons (Fsp3) is 1.00. The molecule has 0 radical (unpaired) electrons. The quantitative estimate of drug-likeness (QED) is 0.194. The van der Waals surface area contributed by atoms with Crippen molar-refractivity contribution in [2.24, 2.45) is 5.92 Å². The second kappa shape index (κ2) is 15.7. The minimum atomic E-state index is -0.878. The van der Waals surface area contributed by atoms with Crippen LogP contribution in [0.2, 0.25) is 25.2 Å². The second-order valence-electron chi connectivity index (χ2n) is 8.60. The zero-order chi connectivity index (χ0) is 17.4. The van der Waals surface area contributed by atoms with Crippen LogP contribution in [0, 0.1) is 5.92 Å². The Bertz CT molecular complexity index is 238. The van der Waals surface area contributed by atoms with E-state index in [-0.39, 0.29) is 0 Å². The van der Waals surface area contributed by atoms with E-state index in [9.17, 15) is 0 Å². The van der Waals surface area contributed by atoms with Crippen LogP contribution in [0.5, 0.6) is 0 Å². The fourth-order valence-electron chi connectivity index (χ4n) is 3.75. The molecule has 0 aromatic heterocycles. The molecule has 0 saturated heterocycles. The summed E-state index contributed by atoms with van der Waals surface area (Å²) in [6.07, 6.45) is 15.7. The highest BCUT2D eigenvalue weighted by Crippen LogP contribution is 2.24. The van der Waals surface area contributed by atoms with Gasteiger partial charge in [-0.25, -0.2) is 0 Å². The topological polar surface area (TPSA) is 9.23 Å². The molecule has 0 atom stereocenters. The molecule has 2 heteroatoms. The van der Waals surface area contributed by atoms with Crippen LogP contribution in [0.25, 0.3) is 0 Å². The van der Waals surface area contributed by atoms with Gasteiger partial charge in [0.15, 0.2) is 0 Å². The van der Waals surface area contributed by atoms with E-state index in [1.54, 1.807) is 6.04 Å². The van der Waals surface area contributed by atoms with Crippen LogP contribution in [0.3, 0.4) is 0 Å². The minimum absolute atomic E-state index is 0.872. The molecule has 0 amide bonds. The first-order valence-electron chi connectivity index (χ1n) is 10.6. The highest BCUT2D eigenvalue weighted by atomic mass is 28.3. The van der Waals surface area contributed by atoms with Gasteiger partial charge < -0.3 is 4.74 Å². The van der Waals surface area contributed by atoms with Crippen molar-refractivity contribution in [2.45, 2.75) is 117 Å².